The number of carboxylic acid groups (broad SMARTS) is 1. The highest BCUT2D eigenvalue weighted by atomic mass is 32.1. The van der Waals surface area contributed by atoms with Crippen LogP contribution >= 0.6 is 11.3 Å². The number of ether oxygens (including phenoxy) is 2. The third-order valence-electron chi connectivity index (χ3n) is 5.85. The lowest BCUT2D eigenvalue weighted by Gasteiger charge is -2.17. The maximum atomic E-state index is 13.2. The Morgan fingerprint density at radius 2 is 1.92 bits per heavy atom. The Hall–Kier alpha value is -4.43. The first-order valence-electron chi connectivity index (χ1n) is 11.8. The van der Waals surface area contributed by atoms with Crippen LogP contribution in [0.25, 0.3) is 22.1 Å². The minimum Gasteiger partial charge on any atom is -0.490 e. The molecule has 0 bridgehead atoms. The van der Waals surface area contributed by atoms with Gasteiger partial charge in [0.2, 0.25) is 0 Å². The molecule has 8 heteroatoms. The van der Waals surface area contributed by atoms with Crippen molar-refractivity contribution in [1.29, 1.82) is 0 Å². The first-order chi connectivity index (χ1) is 18.0. The van der Waals surface area contributed by atoms with Gasteiger partial charge < -0.3 is 14.6 Å². The Bertz CT molecular complexity index is 1730. The highest BCUT2D eigenvalue weighted by Crippen LogP contribution is 2.35. The van der Waals surface area contributed by atoms with E-state index in [0.717, 1.165) is 27.7 Å². The Kier molecular flexibility index (Phi) is 6.74. The molecule has 0 aliphatic carbocycles. The molecule has 7 nitrogen and oxygen atoms in total. The molecule has 0 amide bonds. The average Bonchev–Trinajstić information content (AvgIpc) is 3.40. The molecule has 0 spiro atoms. The van der Waals surface area contributed by atoms with Crippen LogP contribution < -0.4 is 19.6 Å². The Morgan fingerprint density at radius 1 is 1.14 bits per heavy atom. The molecule has 2 heterocycles. The van der Waals surface area contributed by atoms with Gasteiger partial charge in [-0.05, 0) is 66.9 Å². The number of aromatic carboxylic acids is 1. The smallest absolute Gasteiger partial charge is 0.335 e. The van der Waals surface area contributed by atoms with E-state index in [4.69, 9.17) is 14.6 Å². The molecule has 0 saturated carbocycles. The van der Waals surface area contributed by atoms with Crippen molar-refractivity contribution in [3.05, 3.63) is 110 Å². The van der Waals surface area contributed by atoms with Crippen molar-refractivity contribution in [2.45, 2.75) is 20.0 Å². The zero-order valence-corrected chi connectivity index (χ0v) is 21.0. The van der Waals surface area contributed by atoms with Crippen molar-refractivity contribution < 1.29 is 19.4 Å². The van der Waals surface area contributed by atoms with Gasteiger partial charge in [0.05, 0.1) is 27.7 Å². The number of hydrogen-bond donors (Lipinski definition) is 1. The number of nitrogens with zero attached hydrogens (tertiary/aromatic N) is 2. The quantitative estimate of drug-likeness (QED) is 0.284. The molecule has 186 valence electrons. The summed E-state index contributed by atoms with van der Waals surface area (Å²) in [5.41, 5.74) is 4.21. The van der Waals surface area contributed by atoms with Crippen LogP contribution in [-0.2, 0) is 13.0 Å². The fraction of sp³-hybridized carbons (Fsp3) is 0.138. The highest BCUT2D eigenvalue weighted by Gasteiger charge is 2.15. The van der Waals surface area contributed by atoms with Crippen molar-refractivity contribution in [1.82, 2.24) is 9.38 Å². The van der Waals surface area contributed by atoms with E-state index < -0.39 is 5.97 Å². The van der Waals surface area contributed by atoms with Crippen LogP contribution in [0.1, 0.15) is 34.0 Å². The molecule has 0 fully saturated rings. The summed E-state index contributed by atoms with van der Waals surface area (Å²) in [6.07, 6.45) is 4.17. The van der Waals surface area contributed by atoms with E-state index >= 15 is 0 Å². The van der Waals surface area contributed by atoms with E-state index in [0.29, 0.717) is 34.0 Å². The lowest BCUT2D eigenvalue weighted by atomic mass is 10.0. The first kappa shape index (κ1) is 24.3. The third kappa shape index (κ3) is 4.83. The normalized spacial score (nSPS) is 11.8. The molecule has 2 aromatic heterocycles. The maximum Gasteiger partial charge on any atom is 0.335 e. The van der Waals surface area contributed by atoms with Gasteiger partial charge in [-0.3, -0.25) is 4.79 Å². The van der Waals surface area contributed by atoms with Crippen molar-refractivity contribution >= 4 is 39.4 Å². The molecular weight excluding hydrogens is 488 g/mol. The first-order valence-corrected chi connectivity index (χ1v) is 12.6. The Morgan fingerprint density at radius 3 is 2.65 bits per heavy atom. The fourth-order valence-electron chi connectivity index (χ4n) is 4.16. The van der Waals surface area contributed by atoms with E-state index in [1.54, 1.807) is 34.7 Å². The van der Waals surface area contributed by atoms with Crippen LogP contribution in [0.5, 0.6) is 11.5 Å². The van der Waals surface area contributed by atoms with Crippen molar-refractivity contribution in [3.63, 3.8) is 0 Å². The SMILES string of the molecule is C=CCc1cc(/C=c2\sc3nc4ccccc4n3c2=O)cc(OCC)c1OCc1ccc(C(=O)O)cc1. The summed E-state index contributed by atoms with van der Waals surface area (Å²) in [6.45, 7) is 6.45. The number of carboxylic acids is 1. The van der Waals surface area contributed by atoms with Gasteiger partial charge in [-0.25, -0.2) is 14.2 Å². The second-order valence-corrected chi connectivity index (χ2v) is 9.37. The number of fused-ring (bicyclic) bond motifs is 3. The third-order valence-corrected chi connectivity index (χ3v) is 6.81. The van der Waals surface area contributed by atoms with Gasteiger partial charge in [-0.1, -0.05) is 41.7 Å². The van der Waals surface area contributed by atoms with Crippen LogP contribution in [0.4, 0.5) is 0 Å². The molecule has 0 aliphatic rings. The lowest BCUT2D eigenvalue weighted by molar-refractivity contribution is 0.0697. The molecule has 37 heavy (non-hydrogen) atoms. The summed E-state index contributed by atoms with van der Waals surface area (Å²) in [5.74, 6) is 0.185. The van der Waals surface area contributed by atoms with Gasteiger partial charge in [-0.2, -0.15) is 0 Å². The lowest BCUT2D eigenvalue weighted by Crippen LogP contribution is -2.22. The topological polar surface area (TPSA) is 90.1 Å². The number of allylic oxidation sites excluding steroid dienone is 1. The summed E-state index contributed by atoms with van der Waals surface area (Å²) >= 11 is 1.35. The predicted octanol–water partition coefficient (Wildman–Crippen LogP) is 4.86. The average molecular weight is 513 g/mol. The minimum absolute atomic E-state index is 0.109. The number of thiazole rings is 1. The summed E-state index contributed by atoms with van der Waals surface area (Å²) in [6, 6.07) is 18.0. The van der Waals surface area contributed by atoms with E-state index in [1.807, 2.05) is 49.4 Å². The molecule has 0 atom stereocenters. The van der Waals surface area contributed by atoms with Crippen molar-refractivity contribution in [2.75, 3.05) is 6.61 Å². The zero-order valence-electron chi connectivity index (χ0n) is 20.1. The number of hydrogen-bond acceptors (Lipinski definition) is 6. The molecule has 1 N–H and O–H groups in total. The van der Waals surface area contributed by atoms with Gasteiger partial charge in [0.1, 0.15) is 6.61 Å². The van der Waals surface area contributed by atoms with E-state index in [9.17, 15) is 9.59 Å². The molecule has 5 rings (SSSR count). The minimum atomic E-state index is -0.973. The van der Waals surface area contributed by atoms with Crippen LogP contribution in [-0.4, -0.2) is 27.1 Å². The number of aromatic nitrogens is 2. The van der Waals surface area contributed by atoms with Gasteiger partial charge in [0.15, 0.2) is 16.5 Å². The van der Waals surface area contributed by atoms with Crippen molar-refractivity contribution in [2.24, 2.45) is 0 Å². The monoisotopic (exact) mass is 512 g/mol. The zero-order chi connectivity index (χ0) is 25.9. The van der Waals surface area contributed by atoms with Crippen LogP contribution in [0.3, 0.4) is 0 Å². The Labute approximate surface area is 216 Å². The number of para-hydroxylation sites is 2. The molecular formula is C29H24N2O5S. The van der Waals surface area contributed by atoms with Gasteiger partial charge in [0, 0.05) is 5.56 Å². The van der Waals surface area contributed by atoms with E-state index in [-0.39, 0.29) is 17.7 Å². The summed E-state index contributed by atoms with van der Waals surface area (Å²) < 4.78 is 14.3. The molecule has 0 aliphatic heterocycles. The van der Waals surface area contributed by atoms with Gasteiger partial charge in [-0.15, -0.1) is 6.58 Å². The van der Waals surface area contributed by atoms with Gasteiger partial charge >= 0.3 is 5.97 Å². The van der Waals surface area contributed by atoms with E-state index in [1.165, 1.54) is 11.3 Å². The number of benzene rings is 3. The van der Waals surface area contributed by atoms with Crippen LogP contribution in [0, 0.1) is 0 Å². The summed E-state index contributed by atoms with van der Waals surface area (Å²) in [7, 11) is 0. The maximum absolute atomic E-state index is 13.2. The Balaban J connectivity index is 1.53. The van der Waals surface area contributed by atoms with E-state index in [2.05, 4.69) is 11.6 Å². The molecule has 0 unspecified atom stereocenters. The number of carbonyl (C=O) groups is 1. The molecule has 5 aromatic rings. The number of imidazole rings is 1. The van der Waals surface area contributed by atoms with Crippen LogP contribution in [0.15, 0.2) is 78.1 Å². The number of rotatable bonds is 9. The predicted molar refractivity (Wildman–Crippen MR) is 145 cm³/mol. The molecule has 0 radical (unpaired) electrons. The fourth-order valence-corrected chi connectivity index (χ4v) is 5.15. The van der Waals surface area contributed by atoms with Crippen molar-refractivity contribution in [3.8, 4) is 11.5 Å². The molecule has 3 aromatic carbocycles. The summed E-state index contributed by atoms with van der Waals surface area (Å²) in [4.78, 5) is 29.6. The van der Waals surface area contributed by atoms with Gasteiger partial charge in [0.25, 0.3) is 5.56 Å². The summed E-state index contributed by atoms with van der Waals surface area (Å²) in [5, 5.41) is 9.12. The van der Waals surface area contributed by atoms with Crippen LogP contribution in [0.2, 0.25) is 0 Å². The molecule has 0 saturated heterocycles. The second-order valence-electron chi connectivity index (χ2n) is 8.36. The highest BCUT2D eigenvalue weighted by molar-refractivity contribution is 7.15. The second kappa shape index (κ2) is 10.3. The largest absolute Gasteiger partial charge is 0.490 e. The standard InChI is InChI=1S/C29H24N2O5S/c1-3-7-21-14-19(16-25-27(32)31-23-9-6-5-8-22(23)30-29(31)37-25)15-24(35-4-2)26(21)36-17-18-10-12-20(13-11-18)28(33)34/h3,5-6,8-16H,1,4,7,17H2,2H3,(H,33,34)/b25-16-.